The molecule has 3 heteroatoms. The number of nitrogens with zero attached hydrogens (tertiary/aromatic N) is 1. The van der Waals surface area contributed by atoms with E-state index in [0.29, 0.717) is 4.99 Å². The summed E-state index contributed by atoms with van der Waals surface area (Å²) in [5, 5.41) is 0. The molecule has 0 aliphatic carbocycles. The van der Waals surface area contributed by atoms with E-state index in [1.54, 1.807) is 0 Å². The molecule has 88 valence electrons. The molecule has 1 heterocycles. The summed E-state index contributed by atoms with van der Waals surface area (Å²) >= 11 is 4.86. The van der Waals surface area contributed by atoms with E-state index in [2.05, 4.69) is 18.7 Å². The van der Waals surface area contributed by atoms with Crippen LogP contribution in [-0.2, 0) is 0 Å². The highest BCUT2D eigenvalue weighted by atomic mass is 32.1. The van der Waals surface area contributed by atoms with E-state index in [-0.39, 0.29) is 0 Å². The van der Waals surface area contributed by atoms with E-state index in [1.165, 1.54) is 32.5 Å². The molecule has 15 heavy (non-hydrogen) atoms. The third kappa shape index (κ3) is 4.94. The maximum absolute atomic E-state index is 5.47. The van der Waals surface area contributed by atoms with Crippen molar-refractivity contribution in [1.29, 1.82) is 0 Å². The summed E-state index contributed by atoms with van der Waals surface area (Å²) in [5.74, 6) is 1.76. The molecule has 0 aromatic heterocycles. The van der Waals surface area contributed by atoms with Gasteiger partial charge in [0.2, 0.25) is 0 Å². The molecule has 0 radical (unpaired) electrons. The normalized spacial score (nSPS) is 22.5. The highest BCUT2D eigenvalue weighted by molar-refractivity contribution is 7.80. The standard InChI is InChI=1S/C12H24N2S/c1-10(2)11-6-8-14(9-11)7-4-3-5-12(13)15/h10-11H,3-9H2,1-2H3,(H2,13,15). The van der Waals surface area contributed by atoms with Crippen LogP contribution in [0.3, 0.4) is 0 Å². The van der Waals surface area contributed by atoms with Gasteiger partial charge in [0.25, 0.3) is 0 Å². The number of rotatable bonds is 6. The van der Waals surface area contributed by atoms with Gasteiger partial charge < -0.3 is 10.6 Å². The molecule has 1 unspecified atom stereocenters. The van der Waals surface area contributed by atoms with Crippen molar-refractivity contribution < 1.29 is 0 Å². The number of hydrogen-bond acceptors (Lipinski definition) is 2. The monoisotopic (exact) mass is 228 g/mol. The highest BCUT2D eigenvalue weighted by Crippen LogP contribution is 2.23. The average Bonchev–Trinajstić information content (AvgIpc) is 2.60. The molecule has 1 fully saturated rings. The second-order valence-corrected chi connectivity index (χ2v) is 5.54. The minimum atomic E-state index is 0.663. The molecule has 1 aliphatic heterocycles. The second-order valence-electron chi connectivity index (χ2n) is 5.02. The first kappa shape index (κ1) is 12.9. The Labute approximate surface area is 99.2 Å². The first-order valence-corrected chi connectivity index (χ1v) is 6.51. The Bertz CT molecular complexity index is 204. The minimum Gasteiger partial charge on any atom is -0.393 e. The molecule has 0 aromatic rings. The fourth-order valence-electron chi connectivity index (χ4n) is 2.24. The summed E-state index contributed by atoms with van der Waals surface area (Å²) in [7, 11) is 0. The largest absolute Gasteiger partial charge is 0.393 e. The molecule has 2 N–H and O–H groups in total. The fraction of sp³-hybridized carbons (Fsp3) is 0.917. The third-order valence-electron chi connectivity index (χ3n) is 3.40. The van der Waals surface area contributed by atoms with Crippen LogP contribution in [0, 0.1) is 11.8 Å². The summed E-state index contributed by atoms with van der Waals surface area (Å²) in [6, 6.07) is 0. The number of thiocarbonyl (C=S) groups is 1. The highest BCUT2D eigenvalue weighted by Gasteiger charge is 2.23. The number of unbranched alkanes of at least 4 members (excludes halogenated alkanes) is 1. The summed E-state index contributed by atoms with van der Waals surface area (Å²) in [5.41, 5.74) is 5.47. The zero-order valence-corrected chi connectivity index (χ0v) is 10.9. The van der Waals surface area contributed by atoms with Crippen LogP contribution in [-0.4, -0.2) is 29.5 Å². The maximum Gasteiger partial charge on any atom is 0.0727 e. The van der Waals surface area contributed by atoms with Gasteiger partial charge in [0.05, 0.1) is 4.99 Å². The molecule has 1 aliphatic rings. The van der Waals surface area contributed by atoms with Crippen LogP contribution in [0.15, 0.2) is 0 Å². The Morgan fingerprint density at radius 2 is 2.20 bits per heavy atom. The van der Waals surface area contributed by atoms with Crippen molar-refractivity contribution in [2.75, 3.05) is 19.6 Å². The van der Waals surface area contributed by atoms with Crippen molar-refractivity contribution in [2.24, 2.45) is 17.6 Å². The van der Waals surface area contributed by atoms with Gasteiger partial charge in [-0.15, -0.1) is 0 Å². The lowest BCUT2D eigenvalue weighted by Crippen LogP contribution is -2.23. The molecule has 0 aromatic carbocycles. The summed E-state index contributed by atoms with van der Waals surface area (Å²) < 4.78 is 0. The number of likely N-dealkylation sites (tertiary alicyclic amines) is 1. The molecule has 1 saturated heterocycles. The van der Waals surface area contributed by atoms with Gasteiger partial charge >= 0.3 is 0 Å². The van der Waals surface area contributed by atoms with Crippen molar-refractivity contribution in [3.05, 3.63) is 0 Å². The lowest BCUT2D eigenvalue weighted by atomic mass is 9.95. The van der Waals surface area contributed by atoms with Crippen molar-refractivity contribution in [1.82, 2.24) is 4.90 Å². The van der Waals surface area contributed by atoms with Crippen molar-refractivity contribution >= 4 is 17.2 Å². The first-order valence-electron chi connectivity index (χ1n) is 6.10. The quantitative estimate of drug-likeness (QED) is 0.559. The molecule has 0 amide bonds. The van der Waals surface area contributed by atoms with Gasteiger partial charge in [0, 0.05) is 6.54 Å². The third-order valence-corrected chi connectivity index (χ3v) is 3.60. The molecule has 0 bridgehead atoms. The smallest absolute Gasteiger partial charge is 0.0727 e. The SMILES string of the molecule is CC(C)C1CCN(CCCCC(N)=S)C1. The van der Waals surface area contributed by atoms with Crippen molar-refractivity contribution in [3.8, 4) is 0 Å². The van der Waals surface area contributed by atoms with Gasteiger partial charge in [0.15, 0.2) is 0 Å². The Morgan fingerprint density at radius 3 is 2.73 bits per heavy atom. The van der Waals surface area contributed by atoms with Crippen LogP contribution in [0.4, 0.5) is 0 Å². The Kier molecular flexibility index (Phi) is 5.54. The Balaban J connectivity index is 2.06. The van der Waals surface area contributed by atoms with Crippen LogP contribution in [0.25, 0.3) is 0 Å². The van der Waals surface area contributed by atoms with E-state index in [9.17, 15) is 0 Å². The molecular formula is C12H24N2S. The predicted octanol–water partition coefficient (Wildman–Crippen LogP) is 2.42. The van der Waals surface area contributed by atoms with Crippen LogP contribution >= 0.6 is 12.2 Å². The summed E-state index contributed by atoms with van der Waals surface area (Å²) in [6.45, 7) is 8.48. The molecule has 2 nitrogen and oxygen atoms in total. The van der Waals surface area contributed by atoms with Gasteiger partial charge in [-0.1, -0.05) is 26.1 Å². The Morgan fingerprint density at radius 1 is 1.47 bits per heavy atom. The second kappa shape index (κ2) is 6.44. The van der Waals surface area contributed by atoms with Crippen LogP contribution in [0.5, 0.6) is 0 Å². The summed E-state index contributed by atoms with van der Waals surface area (Å²) in [6.07, 6.45) is 4.68. The zero-order chi connectivity index (χ0) is 11.3. The van der Waals surface area contributed by atoms with Crippen LogP contribution < -0.4 is 5.73 Å². The van der Waals surface area contributed by atoms with Crippen molar-refractivity contribution in [3.63, 3.8) is 0 Å². The number of hydrogen-bond donors (Lipinski definition) is 1. The van der Waals surface area contributed by atoms with Crippen LogP contribution in [0.2, 0.25) is 0 Å². The van der Waals surface area contributed by atoms with Crippen LogP contribution in [0.1, 0.15) is 39.5 Å². The summed E-state index contributed by atoms with van der Waals surface area (Å²) in [4.78, 5) is 3.25. The van der Waals surface area contributed by atoms with E-state index in [1.807, 2.05) is 0 Å². The minimum absolute atomic E-state index is 0.663. The van der Waals surface area contributed by atoms with Gasteiger partial charge in [0.1, 0.15) is 0 Å². The van der Waals surface area contributed by atoms with E-state index < -0.39 is 0 Å². The van der Waals surface area contributed by atoms with E-state index in [0.717, 1.165) is 24.7 Å². The Hall–Kier alpha value is -0.150. The molecule has 0 saturated carbocycles. The maximum atomic E-state index is 5.47. The molecule has 1 atom stereocenters. The first-order chi connectivity index (χ1) is 7.09. The van der Waals surface area contributed by atoms with E-state index in [4.69, 9.17) is 18.0 Å². The topological polar surface area (TPSA) is 29.3 Å². The molecule has 0 spiro atoms. The van der Waals surface area contributed by atoms with Gasteiger partial charge in [-0.2, -0.15) is 0 Å². The lowest BCUT2D eigenvalue weighted by Gasteiger charge is -2.17. The molecule has 1 rings (SSSR count). The fourth-order valence-corrected chi connectivity index (χ4v) is 2.39. The lowest BCUT2D eigenvalue weighted by molar-refractivity contribution is 0.298. The zero-order valence-electron chi connectivity index (χ0n) is 10.0. The van der Waals surface area contributed by atoms with Crippen molar-refractivity contribution in [2.45, 2.75) is 39.5 Å². The predicted molar refractivity (Wildman–Crippen MR) is 70.0 cm³/mol. The number of nitrogens with two attached hydrogens (primary N) is 1. The average molecular weight is 228 g/mol. The molecular weight excluding hydrogens is 204 g/mol. The van der Waals surface area contributed by atoms with Gasteiger partial charge in [-0.05, 0) is 50.6 Å². The van der Waals surface area contributed by atoms with Gasteiger partial charge in [-0.25, -0.2) is 0 Å². The van der Waals surface area contributed by atoms with E-state index >= 15 is 0 Å². The van der Waals surface area contributed by atoms with Gasteiger partial charge in [-0.3, -0.25) is 0 Å².